The fourth-order valence-electron chi connectivity index (χ4n) is 1.30. The molecule has 0 saturated heterocycles. The molecule has 2 heteroatoms. The van der Waals surface area contributed by atoms with E-state index in [2.05, 4.69) is 25.7 Å². The SMILES string of the molecule is C=C(CNC(C)C)COc1ccccc1C. The maximum absolute atomic E-state index is 5.69. The molecule has 0 heterocycles. The third kappa shape index (κ3) is 4.49. The maximum Gasteiger partial charge on any atom is 0.122 e. The summed E-state index contributed by atoms with van der Waals surface area (Å²) in [5, 5.41) is 3.32. The van der Waals surface area contributed by atoms with Gasteiger partial charge in [-0.3, -0.25) is 0 Å². The molecule has 0 aliphatic carbocycles. The van der Waals surface area contributed by atoms with E-state index in [0.29, 0.717) is 12.6 Å². The van der Waals surface area contributed by atoms with Crippen LogP contribution in [-0.2, 0) is 0 Å². The molecule has 1 aromatic rings. The van der Waals surface area contributed by atoms with Crippen LogP contribution in [0.25, 0.3) is 0 Å². The Labute approximate surface area is 98.3 Å². The molecule has 0 atom stereocenters. The molecule has 0 radical (unpaired) electrons. The number of ether oxygens (including phenoxy) is 1. The second kappa shape index (κ2) is 6.33. The Kier molecular flexibility index (Phi) is 5.06. The van der Waals surface area contributed by atoms with E-state index in [9.17, 15) is 0 Å². The van der Waals surface area contributed by atoms with Crippen LogP contribution < -0.4 is 10.1 Å². The van der Waals surface area contributed by atoms with Crippen LogP contribution in [0.5, 0.6) is 5.75 Å². The van der Waals surface area contributed by atoms with E-state index in [1.165, 1.54) is 0 Å². The molecule has 1 aromatic carbocycles. The minimum absolute atomic E-state index is 0.482. The molecule has 0 aromatic heterocycles. The van der Waals surface area contributed by atoms with Gasteiger partial charge in [0.1, 0.15) is 12.4 Å². The molecule has 0 bridgehead atoms. The molecule has 88 valence electrons. The standard InChI is InChI=1S/C14H21NO/c1-11(2)15-9-12(3)10-16-14-8-6-5-7-13(14)4/h5-8,11,15H,3,9-10H2,1-2,4H3. The van der Waals surface area contributed by atoms with Crippen molar-refractivity contribution in [3.8, 4) is 5.75 Å². The highest BCUT2D eigenvalue weighted by molar-refractivity contribution is 5.32. The van der Waals surface area contributed by atoms with Crippen LogP contribution in [0.1, 0.15) is 19.4 Å². The lowest BCUT2D eigenvalue weighted by atomic mass is 10.2. The third-order valence-electron chi connectivity index (χ3n) is 2.29. The molecule has 2 nitrogen and oxygen atoms in total. The van der Waals surface area contributed by atoms with Crippen LogP contribution >= 0.6 is 0 Å². The number of benzene rings is 1. The zero-order chi connectivity index (χ0) is 12.0. The van der Waals surface area contributed by atoms with Gasteiger partial charge in [0.25, 0.3) is 0 Å². The average molecular weight is 219 g/mol. The first-order chi connectivity index (χ1) is 7.59. The Morgan fingerprint density at radius 2 is 2.06 bits per heavy atom. The summed E-state index contributed by atoms with van der Waals surface area (Å²) in [6.07, 6.45) is 0. The Morgan fingerprint density at radius 1 is 1.38 bits per heavy atom. The van der Waals surface area contributed by atoms with Crippen molar-refractivity contribution in [1.29, 1.82) is 0 Å². The van der Waals surface area contributed by atoms with Gasteiger partial charge in [-0.1, -0.05) is 38.6 Å². The summed E-state index contributed by atoms with van der Waals surface area (Å²) in [7, 11) is 0. The van der Waals surface area contributed by atoms with Gasteiger partial charge in [0.15, 0.2) is 0 Å². The Hall–Kier alpha value is -1.28. The van der Waals surface area contributed by atoms with Gasteiger partial charge in [0.05, 0.1) is 0 Å². The molecule has 0 saturated carbocycles. The van der Waals surface area contributed by atoms with E-state index in [4.69, 9.17) is 4.74 Å². The van der Waals surface area contributed by atoms with E-state index >= 15 is 0 Å². The van der Waals surface area contributed by atoms with Crippen LogP contribution in [0.3, 0.4) is 0 Å². The molecular weight excluding hydrogens is 198 g/mol. The quantitative estimate of drug-likeness (QED) is 0.743. The van der Waals surface area contributed by atoms with Crippen LogP contribution in [0, 0.1) is 6.92 Å². The lowest BCUT2D eigenvalue weighted by Crippen LogP contribution is -2.26. The summed E-state index contributed by atoms with van der Waals surface area (Å²) >= 11 is 0. The summed E-state index contributed by atoms with van der Waals surface area (Å²) in [6, 6.07) is 8.51. The Balaban J connectivity index is 2.35. The van der Waals surface area contributed by atoms with Crippen molar-refractivity contribution in [3.63, 3.8) is 0 Å². The third-order valence-corrected chi connectivity index (χ3v) is 2.29. The van der Waals surface area contributed by atoms with Crippen LogP contribution in [0.2, 0.25) is 0 Å². The minimum atomic E-state index is 0.482. The van der Waals surface area contributed by atoms with Crippen molar-refractivity contribution in [2.24, 2.45) is 0 Å². The highest BCUT2D eigenvalue weighted by atomic mass is 16.5. The van der Waals surface area contributed by atoms with Gasteiger partial charge in [-0.05, 0) is 24.1 Å². The summed E-state index contributed by atoms with van der Waals surface area (Å²) in [4.78, 5) is 0. The van der Waals surface area contributed by atoms with E-state index in [0.717, 1.165) is 23.4 Å². The zero-order valence-corrected chi connectivity index (χ0v) is 10.4. The maximum atomic E-state index is 5.69. The van der Waals surface area contributed by atoms with E-state index in [-0.39, 0.29) is 0 Å². The summed E-state index contributed by atoms with van der Waals surface area (Å²) in [6.45, 7) is 11.7. The number of hydrogen-bond acceptors (Lipinski definition) is 2. The predicted molar refractivity (Wildman–Crippen MR) is 69.0 cm³/mol. The smallest absolute Gasteiger partial charge is 0.122 e. The van der Waals surface area contributed by atoms with Crippen molar-refractivity contribution < 1.29 is 4.74 Å². The summed E-state index contributed by atoms with van der Waals surface area (Å²) in [5.41, 5.74) is 2.23. The summed E-state index contributed by atoms with van der Waals surface area (Å²) < 4.78 is 5.69. The van der Waals surface area contributed by atoms with Crippen molar-refractivity contribution in [2.75, 3.05) is 13.2 Å². The molecule has 0 spiro atoms. The van der Waals surface area contributed by atoms with Gasteiger partial charge in [0.2, 0.25) is 0 Å². The average Bonchev–Trinajstić information content (AvgIpc) is 2.25. The lowest BCUT2D eigenvalue weighted by molar-refractivity contribution is 0.345. The normalized spacial score (nSPS) is 10.5. The minimum Gasteiger partial charge on any atom is -0.489 e. The second-order valence-electron chi connectivity index (χ2n) is 4.34. The molecule has 0 unspecified atom stereocenters. The zero-order valence-electron chi connectivity index (χ0n) is 10.4. The van der Waals surface area contributed by atoms with Crippen LogP contribution in [0.4, 0.5) is 0 Å². The first-order valence-electron chi connectivity index (χ1n) is 5.68. The van der Waals surface area contributed by atoms with E-state index in [1.807, 2.05) is 31.2 Å². The number of para-hydroxylation sites is 1. The molecule has 0 amide bonds. The number of hydrogen-bond donors (Lipinski definition) is 1. The van der Waals surface area contributed by atoms with Gasteiger partial charge in [-0.15, -0.1) is 0 Å². The summed E-state index contributed by atoms with van der Waals surface area (Å²) in [5.74, 6) is 0.938. The molecule has 0 aliphatic rings. The van der Waals surface area contributed by atoms with Gasteiger partial charge in [-0.2, -0.15) is 0 Å². The molecule has 0 fully saturated rings. The lowest BCUT2D eigenvalue weighted by Gasteiger charge is -2.12. The van der Waals surface area contributed by atoms with E-state index in [1.54, 1.807) is 0 Å². The van der Waals surface area contributed by atoms with Crippen molar-refractivity contribution >= 4 is 0 Å². The molecule has 1 N–H and O–H groups in total. The highest BCUT2D eigenvalue weighted by Gasteiger charge is 2.00. The number of aryl methyl sites for hydroxylation is 1. The highest BCUT2D eigenvalue weighted by Crippen LogP contribution is 2.16. The van der Waals surface area contributed by atoms with Crippen LogP contribution in [-0.4, -0.2) is 19.2 Å². The van der Waals surface area contributed by atoms with Crippen molar-refractivity contribution in [1.82, 2.24) is 5.32 Å². The van der Waals surface area contributed by atoms with Crippen molar-refractivity contribution in [3.05, 3.63) is 42.0 Å². The molecule has 1 rings (SSSR count). The van der Waals surface area contributed by atoms with E-state index < -0.39 is 0 Å². The van der Waals surface area contributed by atoms with Gasteiger partial charge < -0.3 is 10.1 Å². The fraction of sp³-hybridized carbons (Fsp3) is 0.429. The largest absolute Gasteiger partial charge is 0.489 e. The number of rotatable bonds is 6. The Morgan fingerprint density at radius 3 is 2.69 bits per heavy atom. The monoisotopic (exact) mass is 219 g/mol. The van der Waals surface area contributed by atoms with Gasteiger partial charge >= 0.3 is 0 Å². The number of nitrogens with one attached hydrogen (secondary N) is 1. The fourth-order valence-corrected chi connectivity index (χ4v) is 1.30. The predicted octanol–water partition coefficient (Wildman–Crippen LogP) is 2.93. The molecular formula is C14H21NO. The first-order valence-corrected chi connectivity index (χ1v) is 5.68. The van der Waals surface area contributed by atoms with Gasteiger partial charge in [0, 0.05) is 12.6 Å². The molecule has 0 aliphatic heterocycles. The molecule has 16 heavy (non-hydrogen) atoms. The topological polar surface area (TPSA) is 21.3 Å². The van der Waals surface area contributed by atoms with Crippen molar-refractivity contribution in [2.45, 2.75) is 26.8 Å². The Bertz CT molecular complexity index is 344. The first kappa shape index (κ1) is 12.8. The van der Waals surface area contributed by atoms with Gasteiger partial charge in [-0.25, -0.2) is 0 Å². The van der Waals surface area contributed by atoms with Crippen LogP contribution in [0.15, 0.2) is 36.4 Å². The second-order valence-corrected chi connectivity index (χ2v) is 4.34.